The molecule has 2 heterocycles. The molecule has 7 heteroatoms. The van der Waals surface area contributed by atoms with Crippen molar-refractivity contribution >= 4 is 40.8 Å². The first-order valence-electron chi connectivity index (χ1n) is 10.1. The number of likely N-dealkylation sites (N-methyl/N-ethyl adjacent to an activating group) is 1. The summed E-state index contributed by atoms with van der Waals surface area (Å²) in [5, 5.41) is 3.84. The van der Waals surface area contributed by atoms with Crippen molar-refractivity contribution < 1.29 is 4.79 Å². The first-order valence-corrected chi connectivity index (χ1v) is 10.8. The van der Waals surface area contributed by atoms with Crippen molar-refractivity contribution in [3.8, 4) is 0 Å². The maximum Gasteiger partial charge on any atom is 0.257 e. The van der Waals surface area contributed by atoms with E-state index < -0.39 is 0 Å². The van der Waals surface area contributed by atoms with Gasteiger partial charge in [-0.05, 0) is 48.2 Å². The molecule has 0 saturated carbocycles. The number of amidine groups is 1. The second-order valence-electron chi connectivity index (χ2n) is 7.44. The number of aryl methyl sites for hydroxylation is 2. The van der Waals surface area contributed by atoms with E-state index in [0.717, 1.165) is 36.5 Å². The highest BCUT2D eigenvalue weighted by molar-refractivity contribution is 6.31. The number of nitrogens with zero attached hydrogens (tertiary/aromatic N) is 3. The highest BCUT2D eigenvalue weighted by Gasteiger charge is 2.15. The van der Waals surface area contributed by atoms with Crippen LogP contribution in [0.5, 0.6) is 0 Å². The molecular formula is C25H26Cl2N4O. The second kappa shape index (κ2) is 10.6. The van der Waals surface area contributed by atoms with E-state index in [1.54, 1.807) is 18.2 Å². The molecule has 32 heavy (non-hydrogen) atoms. The highest BCUT2D eigenvalue weighted by Crippen LogP contribution is 2.20. The van der Waals surface area contributed by atoms with E-state index in [1.807, 2.05) is 12.1 Å². The Morgan fingerprint density at radius 3 is 2.44 bits per heavy atom. The number of aliphatic imine (C=N–C) groups is 1. The Labute approximate surface area is 199 Å². The standard InChI is InChI=1S/C24H22Cl2N4O.CH4/c1-30-13-12-27-23(30)18-6-3-16(4-7-18)2-5-17-8-9-19(25)14-21(17)24(31)29-22-11-10-20(26)15-28-22;/h3-4,6-11,14-15H,2,5,12-13H2,1H3,(H,28,29,31);1H4. The van der Waals surface area contributed by atoms with Crippen LogP contribution in [0.15, 0.2) is 65.8 Å². The number of hydrogen-bond donors (Lipinski definition) is 1. The van der Waals surface area contributed by atoms with Crippen LogP contribution < -0.4 is 5.32 Å². The molecule has 2 aromatic carbocycles. The molecule has 0 fully saturated rings. The Hall–Kier alpha value is -2.89. The van der Waals surface area contributed by atoms with Gasteiger partial charge in [0.2, 0.25) is 0 Å². The molecule has 0 saturated heterocycles. The van der Waals surface area contributed by atoms with Crippen molar-refractivity contribution in [1.29, 1.82) is 0 Å². The molecule has 1 aliphatic heterocycles. The largest absolute Gasteiger partial charge is 0.358 e. The number of halogens is 2. The van der Waals surface area contributed by atoms with Gasteiger partial charge in [0.25, 0.3) is 5.91 Å². The van der Waals surface area contributed by atoms with E-state index >= 15 is 0 Å². The summed E-state index contributed by atoms with van der Waals surface area (Å²) in [7, 11) is 2.06. The fraction of sp³-hybridized carbons (Fsp3) is 0.240. The molecule has 0 bridgehead atoms. The van der Waals surface area contributed by atoms with Crippen molar-refractivity contribution in [2.24, 2.45) is 4.99 Å². The minimum Gasteiger partial charge on any atom is -0.358 e. The number of benzene rings is 2. The van der Waals surface area contributed by atoms with Crippen molar-refractivity contribution in [2.75, 3.05) is 25.5 Å². The van der Waals surface area contributed by atoms with Gasteiger partial charge in [-0.15, -0.1) is 0 Å². The lowest BCUT2D eigenvalue weighted by Gasteiger charge is -2.14. The number of rotatable bonds is 6. The summed E-state index contributed by atoms with van der Waals surface area (Å²) in [4.78, 5) is 23.7. The number of carbonyl (C=O) groups excluding carboxylic acids is 1. The molecule has 0 aliphatic carbocycles. The number of aromatic nitrogens is 1. The van der Waals surface area contributed by atoms with Gasteiger partial charge in [0.1, 0.15) is 11.7 Å². The van der Waals surface area contributed by atoms with Crippen LogP contribution in [-0.4, -0.2) is 41.8 Å². The van der Waals surface area contributed by atoms with Crippen molar-refractivity contribution in [1.82, 2.24) is 9.88 Å². The van der Waals surface area contributed by atoms with E-state index in [2.05, 4.69) is 51.5 Å². The van der Waals surface area contributed by atoms with Gasteiger partial charge in [-0.1, -0.05) is 61.0 Å². The molecule has 4 rings (SSSR count). The zero-order valence-electron chi connectivity index (χ0n) is 17.1. The average molecular weight is 469 g/mol. The summed E-state index contributed by atoms with van der Waals surface area (Å²) in [6.07, 6.45) is 3.02. The van der Waals surface area contributed by atoms with Gasteiger partial charge in [0, 0.05) is 35.9 Å². The van der Waals surface area contributed by atoms with Crippen LogP contribution in [0.1, 0.15) is 34.5 Å². The van der Waals surface area contributed by atoms with Crippen LogP contribution in [0.25, 0.3) is 0 Å². The minimum absolute atomic E-state index is 0. The molecule has 5 nitrogen and oxygen atoms in total. The Morgan fingerprint density at radius 1 is 1.03 bits per heavy atom. The Kier molecular flexibility index (Phi) is 7.89. The Morgan fingerprint density at radius 2 is 1.78 bits per heavy atom. The van der Waals surface area contributed by atoms with Crippen LogP contribution in [0, 0.1) is 0 Å². The van der Waals surface area contributed by atoms with Crippen LogP contribution in [0.3, 0.4) is 0 Å². The van der Waals surface area contributed by atoms with Gasteiger partial charge in [0.15, 0.2) is 0 Å². The number of hydrogen-bond acceptors (Lipinski definition) is 4. The third-order valence-electron chi connectivity index (χ3n) is 5.24. The zero-order chi connectivity index (χ0) is 21.8. The Bertz CT molecular complexity index is 1110. The number of nitrogens with one attached hydrogen (secondary N) is 1. The van der Waals surface area contributed by atoms with Crippen molar-refractivity contribution in [3.05, 3.63) is 93.1 Å². The molecule has 3 aromatic rings. The molecule has 1 amide bonds. The number of carbonyl (C=O) groups is 1. The lowest BCUT2D eigenvalue weighted by molar-refractivity contribution is 0.102. The van der Waals surface area contributed by atoms with Gasteiger partial charge in [-0.2, -0.15) is 0 Å². The van der Waals surface area contributed by atoms with Gasteiger partial charge in [-0.3, -0.25) is 9.79 Å². The predicted octanol–water partition coefficient (Wildman–Crippen LogP) is 5.75. The second-order valence-corrected chi connectivity index (χ2v) is 8.31. The van der Waals surface area contributed by atoms with Crippen LogP contribution in [-0.2, 0) is 12.8 Å². The predicted molar refractivity (Wildman–Crippen MR) is 133 cm³/mol. The number of amides is 1. The first kappa shape index (κ1) is 23.8. The summed E-state index contributed by atoms with van der Waals surface area (Å²) < 4.78 is 0. The van der Waals surface area contributed by atoms with E-state index in [9.17, 15) is 4.79 Å². The highest BCUT2D eigenvalue weighted by atomic mass is 35.5. The maximum atomic E-state index is 12.8. The van der Waals surface area contributed by atoms with Crippen molar-refractivity contribution in [2.45, 2.75) is 20.3 Å². The molecule has 0 radical (unpaired) electrons. The third kappa shape index (κ3) is 5.67. The van der Waals surface area contributed by atoms with Gasteiger partial charge in [-0.25, -0.2) is 4.98 Å². The summed E-state index contributed by atoms with van der Waals surface area (Å²) >= 11 is 12.0. The van der Waals surface area contributed by atoms with E-state index in [1.165, 1.54) is 11.8 Å². The van der Waals surface area contributed by atoms with Crippen LogP contribution in [0.2, 0.25) is 10.0 Å². The molecule has 0 unspecified atom stereocenters. The monoisotopic (exact) mass is 468 g/mol. The summed E-state index contributed by atoms with van der Waals surface area (Å²) in [5.41, 5.74) is 3.80. The zero-order valence-corrected chi connectivity index (χ0v) is 18.6. The van der Waals surface area contributed by atoms with Gasteiger partial charge >= 0.3 is 0 Å². The van der Waals surface area contributed by atoms with Crippen molar-refractivity contribution in [3.63, 3.8) is 0 Å². The summed E-state index contributed by atoms with van der Waals surface area (Å²) in [6.45, 7) is 1.81. The van der Waals surface area contributed by atoms with Crippen LogP contribution >= 0.6 is 23.2 Å². The van der Waals surface area contributed by atoms with E-state index in [4.69, 9.17) is 23.2 Å². The number of pyridine rings is 1. The SMILES string of the molecule is C.CN1CCN=C1c1ccc(CCc2ccc(Cl)cc2C(=O)Nc2ccc(Cl)cn2)cc1. The molecular weight excluding hydrogens is 443 g/mol. The molecule has 0 atom stereocenters. The molecule has 1 aromatic heterocycles. The normalized spacial score (nSPS) is 12.8. The fourth-order valence-corrected chi connectivity index (χ4v) is 3.84. The van der Waals surface area contributed by atoms with Gasteiger partial charge in [0.05, 0.1) is 11.6 Å². The number of anilines is 1. The average Bonchev–Trinajstić information content (AvgIpc) is 3.20. The van der Waals surface area contributed by atoms with E-state index in [-0.39, 0.29) is 13.3 Å². The molecule has 166 valence electrons. The Balaban J connectivity index is 0.00000289. The minimum atomic E-state index is -0.245. The lowest BCUT2D eigenvalue weighted by atomic mass is 9.98. The molecule has 1 N–H and O–H groups in total. The quantitative estimate of drug-likeness (QED) is 0.500. The third-order valence-corrected chi connectivity index (χ3v) is 5.70. The van der Waals surface area contributed by atoms with Crippen LogP contribution in [0.4, 0.5) is 5.82 Å². The first-order chi connectivity index (χ1) is 15.0. The molecule has 1 aliphatic rings. The van der Waals surface area contributed by atoms with Gasteiger partial charge < -0.3 is 10.2 Å². The maximum absolute atomic E-state index is 12.8. The van der Waals surface area contributed by atoms with E-state index in [0.29, 0.717) is 27.8 Å². The summed E-state index contributed by atoms with van der Waals surface area (Å²) in [5.74, 6) is 1.24. The topological polar surface area (TPSA) is 57.6 Å². The molecule has 0 spiro atoms. The summed E-state index contributed by atoms with van der Waals surface area (Å²) in [6, 6.07) is 17.2. The lowest BCUT2D eigenvalue weighted by Crippen LogP contribution is -2.23. The fourth-order valence-electron chi connectivity index (χ4n) is 3.56. The smallest absolute Gasteiger partial charge is 0.257 e.